The number of nitrogens with zero attached hydrogens (tertiary/aromatic N) is 2. The van der Waals surface area contributed by atoms with Gasteiger partial charge in [-0.1, -0.05) is 15.9 Å². The maximum atomic E-state index is 13.5. The van der Waals surface area contributed by atoms with Crippen LogP contribution in [0.5, 0.6) is 11.8 Å². The predicted molar refractivity (Wildman–Crippen MR) is 68.9 cm³/mol. The molecule has 7 heteroatoms. The lowest BCUT2D eigenvalue weighted by Gasteiger charge is -2.06. The molecule has 2 rings (SSSR count). The van der Waals surface area contributed by atoms with Crippen LogP contribution < -0.4 is 10.5 Å². The number of benzene rings is 1. The SMILES string of the molecule is NCCc1cnc(Oc2cc(Br)cc(F)c2F)nc1. The molecule has 2 N–H and O–H groups in total. The fraction of sp³-hybridized carbons (Fsp3) is 0.167. The molecule has 0 spiro atoms. The van der Waals surface area contributed by atoms with Gasteiger partial charge in [-0.05, 0) is 30.7 Å². The fourth-order valence-corrected chi connectivity index (χ4v) is 1.81. The Balaban J connectivity index is 2.21. The molecule has 2 aromatic rings. The van der Waals surface area contributed by atoms with Gasteiger partial charge in [-0.3, -0.25) is 0 Å². The molecule has 0 radical (unpaired) electrons. The fourth-order valence-electron chi connectivity index (χ4n) is 1.40. The lowest BCUT2D eigenvalue weighted by Crippen LogP contribution is -2.04. The Morgan fingerprint density at radius 2 is 1.89 bits per heavy atom. The van der Waals surface area contributed by atoms with E-state index in [1.807, 2.05) is 0 Å². The summed E-state index contributed by atoms with van der Waals surface area (Å²) in [6, 6.07) is 2.25. The topological polar surface area (TPSA) is 61.0 Å². The Kier molecular flexibility index (Phi) is 4.39. The number of rotatable bonds is 4. The van der Waals surface area contributed by atoms with E-state index < -0.39 is 11.6 Å². The third-order valence-electron chi connectivity index (χ3n) is 2.28. The molecule has 0 aliphatic carbocycles. The molecule has 100 valence electrons. The molecule has 19 heavy (non-hydrogen) atoms. The maximum absolute atomic E-state index is 13.5. The van der Waals surface area contributed by atoms with Gasteiger partial charge in [0.15, 0.2) is 11.6 Å². The Morgan fingerprint density at radius 3 is 2.53 bits per heavy atom. The molecule has 1 aromatic carbocycles. The van der Waals surface area contributed by atoms with Gasteiger partial charge in [0.05, 0.1) is 0 Å². The average molecular weight is 330 g/mol. The van der Waals surface area contributed by atoms with Gasteiger partial charge in [0.2, 0.25) is 5.82 Å². The number of aromatic nitrogens is 2. The smallest absolute Gasteiger partial charge is 0.321 e. The van der Waals surface area contributed by atoms with Crippen LogP contribution in [0.25, 0.3) is 0 Å². The standard InChI is InChI=1S/C12H10BrF2N3O/c13-8-3-9(14)11(15)10(4-8)19-12-17-5-7(1-2-16)6-18-12/h3-6H,1-2,16H2. The summed E-state index contributed by atoms with van der Waals surface area (Å²) in [7, 11) is 0. The minimum atomic E-state index is -1.09. The summed E-state index contributed by atoms with van der Waals surface area (Å²) >= 11 is 3.05. The van der Waals surface area contributed by atoms with Gasteiger partial charge in [0, 0.05) is 16.9 Å². The van der Waals surface area contributed by atoms with Crippen molar-refractivity contribution in [1.29, 1.82) is 0 Å². The van der Waals surface area contributed by atoms with E-state index in [0.717, 1.165) is 11.6 Å². The van der Waals surface area contributed by atoms with Crippen molar-refractivity contribution in [2.45, 2.75) is 6.42 Å². The average Bonchev–Trinajstić information content (AvgIpc) is 2.38. The van der Waals surface area contributed by atoms with Crippen molar-refractivity contribution in [1.82, 2.24) is 9.97 Å². The first kappa shape index (κ1) is 13.8. The van der Waals surface area contributed by atoms with Gasteiger partial charge in [-0.15, -0.1) is 0 Å². The quantitative estimate of drug-likeness (QED) is 0.876. The van der Waals surface area contributed by atoms with Crippen molar-refractivity contribution >= 4 is 15.9 Å². The van der Waals surface area contributed by atoms with Gasteiger partial charge in [0.1, 0.15) is 0 Å². The molecule has 0 aliphatic heterocycles. The second-order valence-electron chi connectivity index (χ2n) is 3.71. The molecule has 0 fully saturated rings. The van der Waals surface area contributed by atoms with E-state index in [2.05, 4.69) is 25.9 Å². The summed E-state index contributed by atoms with van der Waals surface area (Å²) in [5.74, 6) is -2.37. The summed E-state index contributed by atoms with van der Waals surface area (Å²) in [6.07, 6.45) is 3.70. The van der Waals surface area contributed by atoms with Crippen molar-refractivity contribution in [3.8, 4) is 11.8 Å². The second kappa shape index (κ2) is 6.03. The summed E-state index contributed by atoms with van der Waals surface area (Å²) < 4.78 is 32.1. The van der Waals surface area contributed by atoms with E-state index in [1.165, 1.54) is 18.5 Å². The van der Waals surface area contributed by atoms with Crippen molar-refractivity contribution < 1.29 is 13.5 Å². The van der Waals surface area contributed by atoms with Gasteiger partial charge >= 0.3 is 6.01 Å². The monoisotopic (exact) mass is 329 g/mol. The minimum Gasteiger partial charge on any atom is -0.421 e. The first-order valence-electron chi connectivity index (χ1n) is 5.43. The van der Waals surface area contributed by atoms with Crippen LogP contribution in [0.4, 0.5) is 8.78 Å². The van der Waals surface area contributed by atoms with Crippen LogP contribution in [0.2, 0.25) is 0 Å². The molecule has 0 unspecified atom stereocenters. The molecule has 0 amide bonds. The van der Waals surface area contributed by atoms with E-state index in [1.54, 1.807) is 0 Å². The van der Waals surface area contributed by atoms with E-state index in [9.17, 15) is 8.78 Å². The zero-order valence-electron chi connectivity index (χ0n) is 9.74. The van der Waals surface area contributed by atoms with Crippen molar-refractivity contribution in [2.24, 2.45) is 5.73 Å². The number of ether oxygens (including phenoxy) is 1. The van der Waals surface area contributed by atoms with Gasteiger partial charge in [0.25, 0.3) is 0 Å². The highest BCUT2D eigenvalue weighted by molar-refractivity contribution is 9.10. The number of hydrogen-bond donors (Lipinski definition) is 1. The van der Waals surface area contributed by atoms with E-state index in [-0.39, 0.29) is 11.8 Å². The van der Waals surface area contributed by atoms with Crippen LogP contribution in [0.1, 0.15) is 5.56 Å². The van der Waals surface area contributed by atoms with Crippen LogP contribution in [0.3, 0.4) is 0 Å². The largest absolute Gasteiger partial charge is 0.421 e. The van der Waals surface area contributed by atoms with Crippen LogP contribution >= 0.6 is 15.9 Å². The lowest BCUT2D eigenvalue weighted by atomic mass is 10.2. The maximum Gasteiger partial charge on any atom is 0.321 e. The number of hydrogen-bond acceptors (Lipinski definition) is 4. The minimum absolute atomic E-state index is 0.0582. The molecular weight excluding hydrogens is 320 g/mol. The van der Waals surface area contributed by atoms with Gasteiger partial charge in [-0.2, -0.15) is 4.39 Å². The molecule has 1 heterocycles. The highest BCUT2D eigenvalue weighted by Gasteiger charge is 2.13. The van der Waals surface area contributed by atoms with E-state index in [0.29, 0.717) is 17.4 Å². The second-order valence-corrected chi connectivity index (χ2v) is 4.63. The third kappa shape index (κ3) is 3.45. The summed E-state index contributed by atoms with van der Waals surface area (Å²) in [5, 5.41) is 0. The van der Waals surface area contributed by atoms with Crippen molar-refractivity contribution in [3.63, 3.8) is 0 Å². The highest BCUT2D eigenvalue weighted by Crippen LogP contribution is 2.27. The Labute approximate surface area is 116 Å². The normalized spacial score (nSPS) is 10.5. The summed E-state index contributed by atoms with van der Waals surface area (Å²) in [4.78, 5) is 7.80. The van der Waals surface area contributed by atoms with E-state index in [4.69, 9.17) is 10.5 Å². The predicted octanol–water partition coefficient (Wildman–Crippen LogP) is 2.81. The van der Waals surface area contributed by atoms with Crippen molar-refractivity contribution in [3.05, 3.63) is 46.2 Å². The lowest BCUT2D eigenvalue weighted by molar-refractivity contribution is 0.392. The molecule has 0 saturated carbocycles. The number of nitrogens with two attached hydrogens (primary N) is 1. The Hall–Kier alpha value is -1.60. The summed E-state index contributed by atoms with van der Waals surface area (Å²) in [6.45, 7) is 0.481. The number of halogens is 3. The summed E-state index contributed by atoms with van der Waals surface area (Å²) in [5.41, 5.74) is 6.24. The Morgan fingerprint density at radius 1 is 1.21 bits per heavy atom. The molecule has 0 aliphatic rings. The first-order valence-corrected chi connectivity index (χ1v) is 6.23. The zero-order valence-corrected chi connectivity index (χ0v) is 11.3. The highest BCUT2D eigenvalue weighted by atomic mass is 79.9. The molecule has 1 aromatic heterocycles. The first-order chi connectivity index (χ1) is 9.10. The van der Waals surface area contributed by atoms with E-state index >= 15 is 0 Å². The van der Waals surface area contributed by atoms with Gasteiger partial charge < -0.3 is 10.5 Å². The van der Waals surface area contributed by atoms with Gasteiger partial charge in [-0.25, -0.2) is 14.4 Å². The van der Waals surface area contributed by atoms with Crippen molar-refractivity contribution in [2.75, 3.05) is 6.54 Å². The molecule has 0 bridgehead atoms. The zero-order chi connectivity index (χ0) is 13.8. The van der Waals surface area contributed by atoms with Crippen LogP contribution in [-0.4, -0.2) is 16.5 Å². The molecule has 0 atom stereocenters. The van der Waals surface area contributed by atoms with Crippen LogP contribution in [-0.2, 0) is 6.42 Å². The molecule has 4 nitrogen and oxygen atoms in total. The third-order valence-corrected chi connectivity index (χ3v) is 2.73. The molecule has 0 saturated heterocycles. The van der Waals surface area contributed by atoms with Crippen LogP contribution in [0, 0.1) is 11.6 Å². The molecular formula is C12H10BrF2N3O. The Bertz CT molecular complexity index is 578. The van der Waals surface area contributed by atoms with Crippen LogP contribution in [0.15, 0.2) is 29.0 Å².